The maximum Gasteiger partial charge on any atom is 0.148 e. The molecule has 0 aliphatic carbocycles. The molecule has 0 saturated carbocycles. The summed E-state index contributed by atoms with van der Waals surface area (Å²) in [6.45, 7) is 4.12. The van der Waals surface area contributed by atoms with Crippen LogP contribution in [0.3, 0.4) is 0 Å². The number of rotatable bonds is 5. The van der Waals surface area contributed by atoms with Crippen LogP contribution in [0.5, 0.6) is 5.75 Å². The van der Waals surface area contributed by atoms with E-state index in [9.17, 15) is 0 Å². The molecular weight excluding hydrogens is 242 g/mol. The molecule has 0 radical (unpaired) electrons. The number of thiophene rings is 1. The molecule has 2 N–H and O–H groups in total. The molecule has 0 fully saturated rings. The van der Waals surface area contributed by atoms with Gasteiger partial charge < -0.3 is 10.5 Å². The molecule has 1 aromatic heterocycles. The van der Waals surface area contributed by atoms with Crippen molar-refractivity contribution in [3.8, 4) is 5.75 Å². The summed E-state index contributed by atoms with van der Waals surface area (Å²) in [5.41, 5.74) is 7.27. The summed E-state index contributed by atoms with van der Waals surface area (Å²) in [5.74, 6) is 0.940. The van der Waals surface area contributed by atoms with Gasteiger partial charge in [-0.05, 0) is 36.4 Å². The Bertz CT molecular complexity index is 479. The molecule has 18 heavy (non-hydrogen) atoms. The SMILES string of the molecule is CCc1ccccc1OC(c1cccs1)C(C)N. The van der Waals surface area contributed by atoms with Crippen LogP contribution in [-0.2, 0) is 6.42 Å². The molecular formula is C15H19NOS. The Labute approximate surface area is 112 Å². The van der Waals surface area contributed by atoms with E-state index >= 15 is 0 Å². The van der Waals surface area contributed by atoms with Gasteiger partial charge in [0.15, 0.2) is 0 Å². The third kappa shape index (κ3) is 2.92. The number of nitrogens with two attached hydrogens (primary N) is 1. The zero-order valence-corrected chi connectivity index (χ0v) is 11.6. The lowest BCUT2D eigenvalue weighted by Gasteiger charge is -2.22. The second-order valence-corrected chi connectivity index (χ2v) is 5.35. The molecule has 0 saturated heterocycles. The van der Waals surface area contributed by atoms with Crippen molar-refractivity contribution in [3.05, 3.63) is 52.2 Å². The molecule has 1 heterocycles. The van der Waals surface area contributed by atoms with Crippen molar-refractivity contribution in [1.82, 2.24) is 0 Å². The van der Waals surface area contributed by atoms with Gasteiger partial charge in [-0.15, -0.1) is 11.3 Å². The summed E-state index contributed by atoms with van der Waals surface area (Å²) in [6, 6.07) is 12.2. The molecule has 1 aromatic carbocycles. The zero-order valence-electron chi connectivity index (χ0n) is 10.8. The van der Waals surface area contributed by atoms with Crippen LogP contribution in [0.25, 0.3) is 0 Å². The highest BCUT2D eigenvalue weighted by Gasteiger charge is 2.20. The van der Waals surface area contributed by atoms with E-state index < -0.39 is 0 Å². The Morgan fingerprint density at radius 1 is 1.22 bits per heavy atom. The van der Waals surface area contributed by atoms with Gasteiger partial charge in [-0.1, -0.05) is 31.2 Å². The molecule has 0 bridgehead atoms. The second kappa shape index (κ2) is 6.03. The van der Waals surface area contributed by atoms with Crippen LogP contribution in [0.15, 0.2) is 41.8 Å². The number of hydrogen-bond donors (Lipinski definition) is 1. The van der Waals surface area contributed by atoms with E-state index in [1.807, 2.05) is 31.2 Å². The summed E-state index contributed by atoms with van der Waals surface area (Å²) in [7, 11) is 0. The molecule has 2 rings (SSSR count). The van der Waals surface area contributed by atoms with E-state index in [2.05, 4.69) is 24.4 Å². The summed E-state index contributed by atoms with van der Waals surface area (Å²) < 4.78 is 6.13. The molecule has 2 atom stereocenters. The summed E-state index contributed by atoms with van der Waals surface area (Å²) >= 11 is 1.69. The molecule has 3 heteroatoms. The van der Waals surface area contributed by atoms with Crippen LogP contribution >= 0.6 is 11.3 Å². The molecule has 2 unspecified atom stereocenters. The first-order chi connectivity index (χ1) is 8.72. The van der Waals surface area contributed by atoms with Gasteiger partial charge in [-0.2, -0.15) is 0 Å². The predicted octanol–water partition coefficient (Wildman–Crippen LogP) is 3.78. The highest BCUT2D eigenvalue weighted by atomic mass is 32.1. The number of hydrogen-bond acceptors (Lipinski definition) is 3. The standard InChI is InChI=1S/C15H19NOS/c1-3-12-7-4-5-8-13(12)17-15(11(2)16)14-9-6-10-18-14/h4-11,15H,3,16H2,1-2H3. The van der Waals surface area contributed by atoms with Gasteiger partial charge in [-0.3, -0.25) is 0 Å². The van der Waals surface area contributed by atoms with E-state index in [-0.39, 0.29) is 12.1 Å². The molecule has 0 aliphatic heterocycles. The highest BCUT2D eigenvalue weighted by Crippen LogP contribution is 2.29. The number of aryl methyl sites for hydroxylation is 1. The van der Waals surface area contributed by atoms with Crippen molar-refractivity contribution in [2.24, 2.45) is 5.73 Å². The van der Waals surface area contributed by atoms with E-state index in [4.69, 9.17) is 10.5 Å². The lowest BCUT2D eigenvalue weighted by molar-refractivity contribution is 0.182. The van der Waals surface area contributed by atoms with Gasteiger partial charge in [0, 0.05) is 10.9 Å². The summed E-state index contributed by atoms with van der Waals surface area (Å²) in [5, 5.41) is 2.06. The quantitative estimate of drug-likeness (QED) is 0.889. The Morgan fingerprint density at radius 3 is 2.61 bits per heavy atom. The van der Waals surface area contributed by atoms with Gasteiger partial charge in [0.25, 0.3) is 0 Å². The zero-order chi connectivity index (χ0) is 13.0. The third-order valence-electron chi connectivity index (χ3n) is 2.91. The van der Waals surface area contributed by atoms with Gasteiger partial charge in [0.2, 0.25) is 0 Å². The Morgan fingerprint density at radius 2 is 2.00 bits per heavy atom. The lowest BCUT2D eigenvalue weighted by atomic mass is 10.1. The van der Waals surface area contributed by atoms with Crippen molar-refractivity contribution in [3.63, 3.8) is 0 Å². The maximum atomic E-state index is 6.13. The number of benzene rings is 1. The molecule has 0 aliphatic rings. The normalized spacial score (nSPS) is 14.2. The van der Waals surface area contributed by atoms with Gasteiger partial charge >= 0.3 is 0 Å². The highest BCUT2D eigenvalue weighted by molar-refractivity contribution is 7.10. The average Bonchev–Trinajstić information content (AvgIpc) is 2.89. The molecule has 0 amide bonds. The van der Waals surface area contributed by atoms with E-state index in [0.29, 0.717) is 0 Å². The minimum Gasteiger partial charge on any atom is -0.483 e. The van der Waals surface area contributed by atoms with Crippen LogP contribution < -0.4 is 10.5 Å². The van der Waals surface area contributed by atoms with Crippen molar-refractivity contribution in [2.45, 2.75) is 32.4 Å². The minimum atomic E-state index is -0.0716. The Hall–Kier alpha value is -1.32. The monoisotopic (exact) mass is 261 g/mol. The third-order valence-corrected chi connectivity index (χ3v) is 3.84. The lowest BCUT2D eigenvalue weighted by Crippen LogP contribution is -2.28. The largest absolute Gasteiger partial charge is 0.483 e. The Kier molecular flexibility index (Phi) is 4.39. The maximum absolute atomic E-state index is 6.13. The van der Waals surface area contributed by atoms with Crippen molar-refractivity contribution >= 4 is 11.3 Å². The van der Waals surface area contributed by atoms with Gasteiger partial charge in [0.05, 0.1) is 0 Å². The fraction of sp³-hybridized carbons (Fsp3) is 0.333. The smallest absolute Gasteiger partial charge is 0.148 e. The molecule has 0 spiro atoms. The molecule has 2 aromatic rings. The van der Waals surface area contributed by atoms with Gasteiger partial charge in [0.1, 0.15) is 11.9 Å². The van der Waals surface area contributed by atoms with Crippen LogP contribution in [-0.4, -0.2) is 6.04 Å². The first-order valence-corrected chi connectivity index (χ1v) is 7.14. The van der Waals surface area contributed by atoms with Crippen LogP contribution in [0.2, 0.25) is 0 Å². The van der Waals surface area contributed by atoms with Crippen LogP contribution in [0.1, 0.15) is 30.4 Å². The minimum absolute atomic E-state index is 0.0337. The van der Waals surface area contributed by atoms with Crippen molar-refractivity contribution < 1.29 is 4.74 Å². The summed E-state index contributed by atoms with van der Waals surface area (Å²) in [6.07, 6.45) is 0.893. The second-order valence-electron chi connectivity index (χ2n) is 4.37. The fourth-order valence-electron chi connectivity index (χ4n) is 1.93. The molecule has 2 nitrogen and oxygen atoms in total. The van der Waals surface area contributed by atoms with E-state index in [1.165, 1.54) is 10.4 Å². The topological polar surface area (TPSA) is 35.2 Å². The first-order valence-electron chi connectivity index (χ1n) is 6.26. The van der Waals surface area contributed by atoms with E-state index in [1.54, 1.807) is 11.3 Å². The first kappa shape index (κ1) is 13.1. The van der Waals surface area contributed by atoms with Crippen molar-refractivity contribution in [1.29, 1.82) is 0 Å². The van der Waals surface area contributed by atoms with E-state index in [0.717, 1.165) is 12.2 Å². The fourth-order valence-corrected chi connectivity index (χ4v) is 2.79. The Balaban J connectivity index is 2.24. The van der Waals surface area contributed by atoms with Gasteiger partial charge in [-0.25, -0.2) is 0 Å². The van der Waals surface area contributed by atoms with Crippen molar-refractivity contribution in [2.75, 3.05) is 0 Å². The van der Waals surface area contributed by atoms with Crippen LogP contribution in [0, 0.1) is 0 Å². The number of ether oxygens (including phenoxy) is 1. The van der Waals surface area contributed by atoms with Crippen LogP contribution in [0.4, 0.5) is 0 Å². The predicted molar refractivity (Wildman–Crippen MR) is 77.2 cm³/mol. The molecule has 96 valence electrons. The summed E-state index contributed by atoms with van der Waals surface area (Å²) in [4.78, 5) is 1.18. The average molecular weight is 261 g/mol. The number of para-hydroxylation sites is 1.